The first-order chi connectivity index (χ1) is 12.5. The van der Waals surface area contributed by atoms with Gasteiger partial charge in [-0.05, 0) is 29.7 Å². The van der Waals surface area contributed by atoms with Crippen molar-refractivity contribution in [2.24, 2.45) is 10.7 Å². The van der Waals surface area contributed by atoms with Gasteiger partial charge < -0.3 is 20.5 Å². The van der Waals surface area contributed by atoms with Crippen LogP contribution < -0.4 is 20.5 Å². The topological polar surface area (TPSA) is 68.9 Å². The number of nitrogens with two attached hydrogens (primary N) is 1. The zero-order chi connectivity index (χ0) is 19.0. The Hall–Kier alpha value is -1.96. The molecule has 148 valence electrons. The molecule has 0 aliphatic heterocycles. The van der Waals surface area contributed by atoms with Crippen LogP contribution >= 0.6 is 24.0 Å². The lowest BCUT2D eigenvalue weighted by Gasteiger charge is -2.24. The SMILES string of the molecule is COc1ccc(C(C)(C)CN=C(N)NCCc2ccccc2)cc1OC.I. The first-order valence-corrected chi connectivity index (χ1v) is 8.76. The molecule has 0 saturated heterocycles. The lowest BCUT2D eigenvalue weighted by Crippen LogP contribution is -2.35. The van der Waals surface area contributed by atoms with Crippen molar-refractivity contribution in [1.29, 1.82) is 0 Å². The van der Waals surface area contributed by atoms with Crippen LogP contribution in [0, 0.1) is 0 Å². The average Bonchev–Trinajstić information content (AvgIpc) is 2.66. The molecular weight excluding hydrogens is 453 g/mol. The Kier molecular flexibility index (Phi) is 9.41. The van der Waals surface area contributed by atoms with E-state index in [1.807, 2.05) is 36.4 Å². The maximum Gasteiger partial charge on any atom is 0.188 e. The number of rotatable bonds is 8. The fraction of sp³-hybridized carbons (Fsp3) is 0.381. The van der Waals surface area contributed by atoms with E-state index in [0.717, 1.165) is 30.0 Å². The molecule has 2 rings (SSSR count). The van der Waals surface area contributed by atoms with Gasteiger partial charge >= 0.3 is 0 Å². The summed E-state index contributed by atoms with van der Waals surface area (Å²) in [5.41, 5.74) is 8.24. The van der Waals surface area contributed by atoms with E-state index in [2.05, 4.69) is 36.3 Å². The monoisotopic (exact) mass is 483 g/mol. The maximum atomic E-state index is 6.02. The molecule has 0 fully saturated rings. The lowest BCUT2D eigenvalue weighted by atomic mass is 9.84. The van der Waals surface area contributed by atoms with Crippen molar-refractivity contribution in [3.05, 3.63) is 59.7 Å². The molecule has 0 aromatic heterocycles. The Morgan fingerprint density at radius 3 is 2.33 bits per heavy atom. The molecule has 0 unspecified atom stereocenters. The van der Waals surface area contributed by atoms with Gasteiger partial charge in [0.15, 0.2) is 17.5 Å². The number of nitrogens with zero attached hydrogens (tertiary/aromatic N) is 1. The Bertz CT molecular complexity index is 733. The number of guanidine groups is 1. The predicted molar refractivity (Wildman–Crippen MR) is 123 cm³/mol. The summed E-state index contributed by atoms with van der Waals surface area (Å²) in [6, 6.07) is 16.3. The molecule has 2 aromatic carbocycles. The summed E-state index contributed by atoms with van der Waals surface area (Å²) in [6.07, 6.45) is 0.913. The number of aliphatic imine (C=N–C) groups is 1. The van der Waals surface area contributed by atoms with Crippen LogP contribution in [0.25, 0.3) is 0 Å². The van der Waals surface area contributed by atoms with Gasteiger partial charge in [0.05, 0.1) is 20.8 Å². The largest absolute Gasteiger partial charge is 0.493 e. The second-order valence-electron chi connectivity index (χ2n) is 6.82. The Morgan fingerprint density at radius 1 is 1.04 bits per heavy atom. The van der Waals surface area contributed by atoms with E-state index in [1.165, 1.54) is 5.56 Å². The van der Waals surface area contributed by atoms with Crippen LogP contribution in [-0.2, 0) is 11.8 Å². The Morgan fingerprint density at radius 2 is 1.70 bits per heavy atom. The van der Waals surface area contributed by atoms with Gasteiger partial charge in [0, 0.05) is 12.0 Å². The number of ether oxygens (including phenoxy) is 2. The van der Waals surface area contributed by atoms with Gasteiger partial charge in [-0.15, -0.1) is 24.0 Å². The van der Waals surface area contributed by atoms with Gasteiger partial charge in [-0.1, -0.05) is 50.2 Å². The highest BCUT2D eigenvalue weighted by Gasteiger charge is 2.22. The van der Waals surface area contributed by atoms with Crippen molar-refractivity contribution in [1.82, 2.24) is 5.32 Å². The normalized spacial score (nSPS) is 11.5. The van der Waals surface area contributed by atoms with Crippen molar-refractivity contribution in [3.63, 3.8) is 0 Å². The molecule has 0 aliphatic rings. The molecule has 0 spiro atoms. The summed E-state index contributed by atoms with van der Waals surface area (Å²) >= 11 is 0. The van der Waals surface area contributed by atoms with Crippen molar-refractivity contribution in [3.8, 4) is 11.5 Å². The second kappa shape index (κ2) is 11.0. The van der Waals surface area contributed by atoms with E-state index in [9.17, 15) is 0 Å². The average molecular weight is 483 g/mol. The number of hydrogen-bond donors (Lipinski definition) is 2. The van der Waals surface area contributed by atoms with Gasteiger partial charge in [-0.25, -0.2) is 0 Å². The summed E-state index contributed by atoms with van der Waals surface area (Å²) in [5.74, 6) is 1.91. The predicted octanol–water partition coefficient (Wildman–Crippen LogP) is 3.75. The molecule has 3 N–H and O–H groups in total. The third-order valence-corrected chi connectivity index (χ3v) is 4.37. The van der Waals surface area contributed by atoms with Crippen LogP contribution in [0.3, 0.4) is 0 Å². The summed E-state index contributed by atoms with van der Waals surface area (Å²) in [4.78, 5) is 4.51. The third-order valence-electron chi connectivity index (χ3n) is 4.37. The highest BCUT2D eigenvalue weighted by Crippen LogP contribution is 2.33. The Labute approximate surface area is 179 Å². The first-order valence-electron chi connectivity index (χ1n) is 8.76. The molecule has 0 radical (unpaired) electrons. The maximum absolute atomic E-state index is 6.02. The molecule has 27 heavy (non-hydrogen) atoms. The molecule has 2 aromatic rings. The zero-order valence-electron chi connectivity index (χ0n) is 16.5. The highest BCUT2D eigenvalue weighted by molar-refractivity contribution is 14.0. The summed E-state index contributed by atoms with van der Waals surface area (Å²) in [5, 5.41) is 3.18. The molecule has 6 heteroatoms. The number of halogens is 1. The number of nitrogens with one attached hydrogen (secondary N) is 1. The minimum absolute atomic E-state index is 0. The quantitative estimate of drug-likeness (QED) is 0.341. The fourth-order valence-corrected chi connectivity index (χ4v) is 2.67. The number of hydrogen-bond acceptors (Lipinski definition) is 3. The van der Waals surface area contributed by atoms with Crippen LogP contribution in [0.5, 0.6) is 11.5 Å². The van der Waals surface area contributed by atoms with E-state index < -0.39 is 0 Å². The van der Waals surface area contributed by atoms with Gasteiger partial charge in [0.2, 0.25) is 0 Å². The molecular formula is C21H30IN3O2. The summed E-state index contributed by atoms with van der Waals surface area (Å²) < 4.78 is 10.7. The molecule has 0 saturated carbocycles. The second-order valence-corrected chi connectivity index (χ2v) is 6.82. The molecule has 0 atom stereocenters. The van der Waals surface area contributed by atoms with Crippen LogP contribution in [0.15, 0.2) is 53.5 Å². The van der Waals surface area contributed by atoms with Crippen molar-refractivity contribution >= 4 is 29.9 Å². The standard InChI is InChI=1S/C21H29N3O2.HI/c1-21(2,17-10-11-18(25-3)19(14-17)26-4)15-24-20(22)23-13-12-16-8-6-5-7-9-16;/h5-11,14H,12-13,15H2,1-4H3,(H3,22,23,24);1H. The summed E-state index contributed by atoms with van der Waals surface area (Å²) in [7, 11) is 3.27. The van der Waals surface area contributed by atoms with Crippen molar-refractivity contribution in [2.45, 2.75) is 25.7 Å². The van der Waals surface area contributed by atoms with Crippen molar-refractivity contribution in [2.75, 3.05) is 27.3 Å². The Balaban J connectivity index is 0.00000364. The van der Waals surface area contributed by atoms with E-state index in [0.29, 0.717) is 12.5 Å². The minimum atomic E-state index is -0.175. The molecule has 5 nitrogen and oxygen atoms in total. The van der Waals surface area contributed by atoms with Crippen LogP contribution in [0.1, 0.15) is 25.0 Å². The number of benzene rings is 2. The molecule has 0 aliphatic carbocycles. The molecule has 0 amide bonds. The van der Waals surface area contributed by atoms with Crippen molar-refractivity contribution < 1.29 is 9.47 Å². The van der Waals surface area contributed by atoms with Gasteiger partial charge in [0.25, 0.3) is 0 Å². The highest BCUT2D eigenvalue weighted by atomic mass is 127. The first kappa shape index (κ1) is 23.1. The lowest BCUT2D eigenvalue weighted by molar-refractivity contribution is 0.353. The van der Waals surface area contributed by atoms with Crippen LogP contribution in [-0.4, -0.2) is 33.3 Å². The zero-order valence-corrected chi connectivity index (χ0v) is 18.8. The van der Waals surface area contributed by atoms with Crippen LogP contribution in [0.4, 0.5) is 0 Å². The van der Waals surface area contributed by atoms with Gasteiger partial charge in [-0.2, -0.15) is 0 Å². The summed E-state index contributed by atoms with van der Waals surface area (Å²) in [6.45, 7) is 5.60. The number of methoxy groups -OCH3 is 2. The van der Waals surface area contributed by atoms with E-state index >= 15 is 0 Å². The third kappa shape index (κ3) is 6.93. The smallest absolute Gasteiger partial charge is 0.188 e. The minimum Gasteiger partial charge on any atom is -0.493 e. The van der Waals surface area contributed by atoms with E-state index in [1.54, 1.807) is 14.2 Å². The fourth-order valence-electron chi connectivity index (χ4n) is 2.67. The van der Waals surface area contributed by atoms with Gasteiger partial charge in [-0.3, -0.25) is 4.99 Å². The van der Waals surface area contributed by atoms with Crippen LogP contribution in [0.2, 0.25) is 0 Å². The van der Waals surface area contributed by atoms with E-state index in [-0.39, 0.29) is 29.4 Å². The van der Waals surface area contributed by atoms with Gasteiger partial charge in [0.1, 0.15) is 0 Å². The molecule has 0 heterocycles. The molecule has 0 bridgehead atoms. The van der Waals surface area contributed by atoms with E-state index in [4.69, 9.17) is 15.2 Å².